The Kier molecular flexibility index (Phi) is 6.12. The van der Waals surface area contributed by atoms with E-state index in [0.717, 1.165) is 25.8 Å². The van der Waals surface area contributed by atoms with Gasteiger partial charge in [-0.1, -0.05) is 13.3 Å². The molecule has 1 saturated heterocycles. The maximum atomic E-state index is 11.9. The van der Waals surface area contributed by atoms with Crippen LogP contribution in [0.3, 0.4) is 0 Å². The summed E-state index contributed by atoms with van der Waals surface area (Å²) in [6, 6.07) is -0.646. The number of piperidine rings is 1. The normalized spacial score (nSPS) is 22.3. The Morgan fingerprint density at radius 3 is 2.61 bits per heavy atom. The fourth-order valence-corrected chi connectivity index (χ4v) is 2.49. The quantitative estimate of drug-likeness (QED) is 0.696. The molecule has 0 saturated carbocycles. The van der Waals surface area contributed by atoms with Crippen LogP contribution in [0.4, 0.5) is 0 Å². The lowest BCUT2D eigenvalue weighted by molar-refractivity contribution is -0.157. The molecule has 0 aliphatic carbocycles. The van der Waals surface area contributed by atoms with Gasteiger partial charge in [0, 0.05) is 0 Å². The second-order valence-corrected chi connectivity index (χ2v) is 4.45. The predicted molar refractivity (Wildman–Crippen MR) is 67.1 cm³/mol. The topological polar surface area (TPSA) is 55.8 Å². The van der Waals surface area contributed by atoms with Crippen molar-refractivity contribution in [3.8, 4) is 0 Å². The Morgan fingerprint density at radius 2 is 2.06 bits per heavy atom. The van der Waals surface area contributed by atoms with Gasteiger partial charge in [-0.05, 0) is 32.7 Å². The van der Waals surface area contributed by atoms with Crippen LogP contribution in [0.15, 0.2) is 0 Å². The van der Waals surface area contributed by atoms with Crippen LogP contribution in [0.5, 0.6) is 0 Å². The van der Waals surface area contributed by atoms with Crippen LogP contribution in [0, 0.1) is 0 Å². The number of ether oxygens (including phenoxy) is 2. The van der Waals surface area contributed by atoms with E-state index in [1.165, 1.54) is 7.11 Å². The van der Waals surface area contributed by atoms with Gasteiger partial charge in [-0.15, -0.1) is 0 Å². The average molecular weight is 257 g/mol. The molecule has 1 fully saturated rings. The largest absolute Gasteiger partial charge is 0.468 e. The Hall–Kier alpha value is -1.10. The van der Waals surface area contributed by atoms with E-state index in [9.17, 15) is 9.59 Å². The molecule has 5 nitrogen and oxygen atoms in total. The molecule has 1 aliphatic heterocycles. The van der Waals surface area contributed by atoms with E-state index in [0.29, 0.717) is 13.0 Å². The molecule has 0 bridgehead atoms. The van der Waals surface area contributed by atoms with Crippen molar-refractivity contribution in [1.82, 2.24) is 4.90 Å². The van der Waals surface area contributed by atoms with Gasteiger partial charge in [0.1, 0.15) is 12.1 Å². The Labute approximate surface area is 108 Å². The zero-order valence-corrected chi connectivity index (χ0v) is 11.5. The number of nitrogens with zero attached hydrogens (tertiary/aromatic N) is 1. The van der Waals surface area contributed by atoms with Crippen LogP contribution >= 0.6 is 0 Å². The monoisotopic (exact) mass is 257 g/mol. The zero-order valence-electron chi connectivity index (χ0n) is 11.5. The van der Waals surface area contributed by atoms with Crippen molar-refractivity contribution < 1.29 is 19.1 Å². The van der Waals surface area contributed by atoms with E-state index in [-0.39, 0.29) is 24.0 Å². The number of methoxy groups -OCH3 is 1. The van der Waals surface area contributed by atoms with Crippen molar-refractivity contribution in [3.05, 3.63) is 0 Å². The minimum Gasteiger partial charge on any atom is -0.468 e. The second-order valence-electron chi connectivity index (χ2n) is 4.45. The predicted octanol–water partition coefficient (Wildman–Crippen LogP) is 1.36. The van der Waals surface area contributed by atoms with Crippen LogP contribution in [0.25, 0.3) is 0 Å². The summed E-state index contributed by atoms with van der Waals surface area (Å²) in [4.78, 5) is 25.6. The molecule has 2 unspecified atom stereocenters. The number of rotatable bonds is 5. The summed E-state index contributed by atoms with van der Waals surface area (Å²) >= 11 is 0. The fourth-order valence-electron chi connectivity index (χ4n) is 2.49. The summed E-state index contributed by atoms with van der Waals surface area (Å²) in [5.41, 5.74) is 0. The van der Waals surface area contributed by atoms with Crippen LogP contribution in [-0.4, -0.2) is 49.2 Å². The molecule has 0 aromatic heterocycles. The molecule has 18 heavy (non-hydrogen) atoms. The minimum atomic E-state index is -0.339. The second kappa shape index (κ2) is 7.36. The van der Waals surface area contributed by atoms with Crippen LogP contribution in [0.2, 0.25) is 0 Å². The number of esters is 2. The lowest BCUT2D eigenvalue weighted by Gasteiger charge is -2.37. The van der Waals surface area contributed by atoms with Gasteiger partial charge in [0.25, 0.3) is 0 Å². The van der Waals surface area contributed by atoms with E-state index >= 15 is 0 Å². The SMILES string of the molecule is CCOC(=O)C(CC)N1CCCCC1C(=O)OC. The first-order valence-corrected chi connectivity index (χ1v) is 6.65. The van der Waals surface area contributed by atoms with Crippen LogP contribution in [-0.2, 0) is 19.1 Å². The number of carbonyl (C=O) groups is 2. The van der Waals surface area contributed by atoms with Gasteiger partial charge >= 0.3 is 11.9 Å². The van der Waals surface area contributed by atoms with E-state index in [2.05, 4.69) is 0 Å². The van der Waals surface area contributed by atoms with Crippen LogP contribution in [0.1, 0.15) is 39.5 Å². The van der Waals surface area contributed by atoms with Gasteiger partial charge in [0.2, 0.25) is 0 Å². The van der Waals surface area contributed by atoms with Crippen molar-refractivity contribution in [2.45, 2.75) is 51.6 Å². The maximum absolute atomic E-state index is 11.9. The number of carbonyl (C=O) groups excluding carboxylic acids is 2. The summed E-state index contributed by atoms with van der Waals surface area (Å²) in [6.45, 7) is 4.84. The lowest BCUT2D eigenvalue weighted by atomic mass is 9.98. The smallest absolute Gasteiger partial charge is 0.323 e. The molecule has 5 heteroatoms. The summed E-state index contributed by atoms with van der Waals surface area (Å²) in [6.07, 6.45) is 3.40. The third-order valence-electron chi connectivity index (χ3n) is 3.36. The highest BCUT2D eigenvalue weighted by atomic mass is 16.5. The van der Waals surface area contributed by atoms with Gasteiger partial charge in [-0.2, -0.15) is 0 Å². The molecular formula is C13H23NO4. The standard InChI is InChI=1S/C13H23NO4/c1-4-10(13(16)18-5-2)14-9-7-6-8-11(14)12(15)17-3/h10-11H,4-9H2,1-3H3. The van der Waals surface area contributed by atoms with Crippen molar-refractivity contribution in [2.24, 2.45) is 0 Å². The zero-order chi connectivity index (χ0) is 13.5. The first kappa shape index (κ1) is 15.0. The summed E-state index contributed by atoms with van der Waals surface area (Å²) in [5, 5.41) is 0. The molecule has 2 atom stereocenters. The molecule has 0 amide bonds. The van der Waals surface area contributed by atoms with E-state index < -0.39 is 0 Å². The Bertz CT molecular complexity index is 293. The maximum Gasteiger partial charge on any atom is 0.323 e. The summed E-state index contributed by atoms with van der Waals surface area (Å²) < 4.78 is 9.90. The first-order chi connectivity index (χ1) is 8.65. The minimum absolute atomic E-state index is 0.240. The summed E-state index contributed by atoms with van der Waals surface area (Å²) in [7, 11) is 1.39. The number of likely N-dealkylation sites (tertiary alicyclic amines) is 1. The van der Waals surface area contributed by atoms with E-state index in [4.69, 9.17) is 9.47 Å². The molecule has 104 valence electrons. The van der Waals surface area contributed by atoms with Crippen LogP contribution < -0.4 is 0 Å². The third kappa shape index (κ3) is 3.45. The average Bonchev–Trinajstić information content (AvgIpc) is 2.39. The Balaban J connectivity index is 2.79. The highest BCUT2D eigenvalue weighted by molar-refractivity contribution is 5.79. The van der Waals surface area contributed by atoms with Crippen molar-refractivity contribution in [3.63, 3.8) is 0 Å². The highest BCUT2D eigenvalue weighted by Gasteiger charge is 2.37. The molecule has 0 spiro atoms. The van der Waals surface area contributed by atoms with E-state index in [1.807, 2.05) is 11.8 Å². The molecule has 0 radical (unpaired) electrons. The van der Waals surface area contributed by atoms with Gasteiger partial charge < -0.3 is 9.47 Å². The van der Waals surface area contributed by atoms with Gasteiger partial charge in [-0.3, -0.25) is 14.5 Å². The molecule has 0 aromatic rings. The molecule has 0 aromatic carbocycles. The van der Waals surface area contributed by atoms with Crippen molar-refractivity contribution >= 4 is 11.9 Å². The molecule has 0 N–H and O–H groups in total. The first-order valence-electron chi connectivity index (χ1n) is 6.65. The van der Waals surface area contributed by atoms with E-state index in [1.54, 1.807) is 6.92 Å². The lowest BCUT2D eigenvalue weighted by Crippen LogP contribution is -2.53. The van der Waals surface area contributed by atoms with Gasteiger partial charge in [0.15, 0.2) is 0 Å². The molecule has 1 rings (SSSR count). The van der Waals surface area contributed by atoms with Gasteiger partial charge in [0.05, 0.1) is 13.7 Å². The molecular weight excluding hydrogens is 234 g/mol. The summed E-state index contributed by atoms with van der Waals surface area (Å²) in [5.74, 6) is -0.492. The van der Waals surface area contributed by atoms with Crippen molar-refractivity contribution in [1.29, 1.82) is 0 Å². The molecule has 1 aliphatic rings. The fraction of sp³-hybridized carbons (Fsp3) is 0.846. The third-order valence-corrected chi connectivity index (χ3v) is 3.36. The Morgan fingerprint density at radius 1 is 1.33 bits per heavy atom. The highest BCUT2D eigenvalue weighted by Crippen LogP contribution is 2.22. The van der Waals surface area contributed by atoms with Gasteiger partial charge in [-0.25, -0.2) is 0 Å². The van der Waals surface area contributed by atoms with Crippen molar-refractivity contribution in [2.75, 3.05) is 20.3 Å². The number of hydrogen-bond donors (Lipinski definition) is 0. The number of hydrogen-bond acceptors (Lipinski definition) is 5. The molecule has 1 heterocycles.